The molecule has 86 valence electrons. The Labute approximate surface area is 94.3 Å². The van der Waals surface area contributed by atoms with Crippen LogP contribution in [0, 0.1) is 11.8 Å². The first kappa shape index (κ1) is 11.2. The predicted molar refractivity (Wildman–Crippen MR) is 65.9 cm³/mol. The number of fused-ring (bicyclic) bond motifs is 1. The van der Waals surface area contributed by atoms with Gasteiger partial charge in [0.05, 0.1) is 0 Å². The van der Waals surface area contributed by atoms with Gasteiger partial charge in [-0.15, -0.1) is 0 Å². The van der Waals surface area contributed by atoms with Gasteiger partial charge < -0.3 is 5.32 Å². The highest BCUT2D eigenvalue weighted by molar-refractivity contribution is 5.12. The van der Waals surface area contributed by atoms with Gasteiger partial charge in [0.15, 0.2) is 0 Å². The summed E-state index contributed by atoms with van der Waals surface area (Å²) in [5, 5.41) is 3.63. The molecule has 2 saturated carbocycles. The third-order valence-electron chi connectivity index (χ3n) is 4.67. The number of hydrogen-bond donors (Lipinski definition) is 1. The summed E-state index contributed by atoms with van der Waals surface area (Å²) in [6.07, 6.45) is 14.7. The van der Waals surface area contributed by atoms with Crippen molar-refractivity contribution in [3.8, 4) is 0 Å². The van der Waals surface area contributed by atoms with Crippen molar-refractivity contribution < 1.29 is 0 Å². The highest BCUT2D eigenvalue weighted by Crippen LogP contribution is 2.46. The second-order valence-electron chi connectivity index (χ2n) is 5.33. The lowest BCUT2D eigenvalue weighted by Crippen LogP contribution is -2.53. The SMILES string of the molecule is CC=C[C@@]1(NC)CCC[C@H]2CCCC[C@H]21. The average Bonchev–Trinajstić information content (AvgIpc) is 2.30. The molecule has 0 spiro atoms. The van der Waals surface area contributed by atoms with Crippen LogP contribution in [0.4, 0.5) is 0 Å². The summed E-state index contributed by atoms with van der Waals surface area (Å²) in [5.74, 6) is 1.90. The number of allylic oxidation sites excluding steroid dienone is 1. The summed E-state index contributed by atoms with van der Waals surface area (Å²) in [6, 6.07) is 0. The van der Waals surface area contributed by atoms with Gasteiger partial charge in [0.25, 0.3) is 0 Å². The molecule has 15 heavy (non-hydrogen) atoms. The molecule has 2 fully saturated rings. The Morgan fingerprint density at radius 3 is 2.60 bits per heavy atom. The summed E-state index contributed by atoms with van der Waals surface area (Å²) >= 11 is 0. The van der Waals surface area contributed by atoms with Gasteiger partial charge in [0.2, 0.25) is 0 Å². The van der Waals surface area contributed by atoms with Gasteiger partial charge >= 0.3 is 0 Å². The topological polar surface area (TPSA) is 12.0 Å². The Kier molecular flexibility index (Phi) is 3.50. The summed E-state index contributed by atoms with van der Waals surface area (Å²) in [4.78, 5) is 0. The van der Waals surface area contributed by atoms with Crippen molar-refractivity contribution >= 4 is 0 Å². The number of likely N-dealkylation sites (N-methyl/N-ethyl adjacent to an activating group) is 1. The van der Waals surface area contributed by atoms with Crippen LogP contribution in [0.5, 0.6) is 0 Å². The Bertz CT molecular complexity index is 231. The molecule has 0 heterocycles. The summed E-state index contributed by atoms with van der Waals surface area (Å²) in [5.41, 5.74) is 0.331. The molecule has 0 aromatic carbocycles. The van der Waals surface area contributed by atoms with E-state index in [1.807, 2.05) is 0 Å². The van der Waals surface area contributed by atoms with Gasteiger partial charge in [0.1, 0.15) is 0 Å². The highest BCUT2D eigenvalue weighted by atomic mass is 15.0. The minimum absolute atomic E-state index is 0.331. The Morgan fingerprint density at radius 1 is 1.13 bits per heavy atom. The molecular weight excluding hydrogens is 182 g/mol. The minimum Gasteiger partial charge on any atom is -0.311 e. The monoisotopic (exact) mass is 207 g/mol. The third-order valence-corrected chi connectivity index (χ3v) is 4.67. The second kappa shape index (κ2) is 4.69. The fourth-order valence-electron chi connectivity index (χ4n) is 3.97. The Hall–Kier alpha value is -0.300. The fraction of sp³-hybridized carbons (Fsp3) is 0.857. The van der Waals surface area contributed by atoms with Gasteiger partial charge in [-0.05, 0) is 38.6 Å². The largest absolute Gasteiger partial charge is 0.311 e. The van der Waals surface area contributed by atoms with E-state index in [4.69, 9.17) is 0 Å². The van der Waals surface area contributed by atoms with Crippen LogP contribution in [0.2, 0.25) is 0 Å². The maximum absolute atomic E-state index is 3.63. The first-order valence-corrected chi connectivity index (χ1v) is 6.65. The van der Waals surface area contributed by atoms with Gasteiger partial charge in [-0.25, -0.2) is 0 Å². The molecule has 0 aromatic heterocycles. The van der Waals surface area contributed by atoms with Gasteiger partial charge in [-0.1, -0.05) is 44.3 Å². The van der Waals surface area contributed by atoms with Gasteiger partial charge in [0, 0.05) is 5.54 Å². The van der Waals surface area contributed by atoms with Crippen LogP contribution in [0.1, 0.15) is 51.9 Å². The van der Waals surface area contributed by atoms with E-state index in [2.05, 4.69) is 31.4 Å². The van der Waals surface area contributed by atoms with E-state index in [0.717, 1.165) is 11.8 Å². The van der Waals surface area contributed by atoms with E-state index in [1.165, 1.54) is 44.9 Å². The van der Waals surface area contributed by atoms with E-state index < -0.39 is 0 Å². The molecule has 0 amide bonds. The minimum atomic E-state index is 0.331. The summed E-state index contributed by atoms with van der Waals surface area (Å²) < 4.78 is 0. The van der Waals surface area contributed by atoms with E-state index >= 15 is 0 Å². The lowest BCUT2D eigenvalue weighted by molar-refractivity contribution is 0.0859. The number of nitrogens with one attached hydrogen (secondary N) is 1. The molecular formula is C14H25N. The van der Waals surface area contributed by atoms with Crippen molar-refractivity contribution in [1.82, 2.24) is 5.32 Å². The molecule has 1 heteroatoms. The smallest absolute Gasteiger partial charge is 0.0392 e. The first-order valence-electron chi connectivity index (χ1n) is 6.65. The second-order valence-corrected chi connectivity index (χ2v) is 5.33. The van der Waals surface area contributed by atoms with Gasteiger partial charge in [-0.2, -0.15) is 0 Å². The molecule has 0 unspecified atom stereocenters. The van der Waals surface area contributed by atoms with Crippen LogP contribution in [-0.2, 0) is 0 Å². The molecule has 2 aliphatic carbocycles. The molecule has 0 aliphatic heterocycles. The number of hydrogen-bond acceptors (Lipinski definition) is 1. The Balaban J connectivity index is 2.20. The highest BCUT2D eigenvalue weighted by Gasteiger charge is 2.43. The predicted octanol–water partition coefficient (Wildman–Crippen LogP) is 3.51. The molecule has 1 nitrogen and oxygen atoms in total. The van der Waals surface area contributed by atoms with Crippen molar-refractivity contribution in [2.24, 2.45) is 11.8 Å². The lowest BCUT2D eigenvalue weighted by Gasteiger charge is -2.49. The van der Waals surface area contributed by atoms with Gasteiger partial charge in [-0.3, -0.25) is 0 Å². The summed E-state index contributed by atoms with van der Waals surface area (Å²) in [6.45, 7) is 2.16. The Morgan fingerprint density at radius 2 is 1.87 bits per heavy atom. The molecule has 2 aliphatic rings. The summed E-state index contributed by atoms with van der Waals surface area (Å²) in [7, 11) is 2.15. The van der Waals surface area contributed by atoms with Crippen LogP contribution in [0.15, 0.2) is 12.2 Å². The van der Waals surface area contributed by atoms with E-state index in [1.54, 1.807) is 0 Å². The van der Waals surface area contributed by atoms with Crippen molar-refractivity contribution in [3.05, 3.63) is 12.2 Å². The normalized spacial score (nSPS) is 41.7. The maximum Gasteiger partial charge on any atom is 0.0392 e. The van der Waals surface area contributed by atoms with Crippen LogP contribution in [0.3, 0.4) is 0 Å². The molecule has 0 aromatic rings. The quantitative estimate of drug-likeness (QED) is 0.683. The van der Waals surface area contributed by atoms with Crippen LogP contribution in [-0.4, -0.2) is 12.6 Å². The molecule has 2 rings (SSSR count). The van der Waals surface area contributed by atoms with E-state index in [0.29, 0.717) is 5.54 Å². The molecule has 0 saturated heterocycles. The molecule has 0 bridgehead atoms. The zero-order chi connectivity index (χ0) is 10.7. The maximum atomic E-state index is 3.63. The third kappa shape index (κ3) is 1.99. The molecule has 0 radical (unpaired) electrons. The zero-order valence-corrected chi connectivity index (χ0v) is 10.3. The van der Waals surface area contributed by atoms with Crippen LogP contribution < -0.4 is 5.32 Å². The average molecular weight is 207 g/mol. The molecule has 1 N–H and O–H groups in total. The zero-order valence-electron chi connectivity index (χ0n) is 10.3. The van der Waals surface area contributed by atoms with Crippen LogP contribution in [0.25, 0.3) is 0 Å². The van der Waals surface area contributed by atoms with Crippen LogP contribution >= 0.6 is 0 Å². The van der Waals surface area contributed by atoms with Crippen molar-refractivity contribution in [3.63, 3.8) is 0 Å². The standard InChI is InChI=1S/C14H25N/c1-3-10-14(15-2)11-6-8-12-7-4-5-9-13(12)14/h3,10,12-13,15H,4-9,11H2,1-2H3/t12-,13-,14-/m1/s1. The van der Waals surface area contributed by atoms with E-state index in [-0.39, 0.29) is 0 Å². The lowest BCUT2D eigenvalue weighted by atomic mass is 9.61. The van der Waals surface area contributed by atoms with Crippen molar-refractivity contribution in [1.29, 1.82) is 0 Å². The van der Waals surface area contributed by atoms with Crippen molar-refractivity contribution in [2.75, 3.05) is 7.05 Å². The molecule has 3 atom stereocenters. The van der Waals surface area contributed by atoms with E-state index in [9.17, 15) is 0 Å². The first-order chi connectivity index (χ1) is 7.32. The number of rotatable bonds is 2. The van der Waals surface area contributed by atoms with Crippen molar-refractivity contribution in [2.45, 2.75) is 57.4 Å². The fourth-order valence-corrected chi connectivity index (χ4v) is 3.97.